The molecule has 1 atom stereocenters. The van der Waals surface area contributed by atoms with Gasteiger partial charge in [-0.2, -0.15) is 0 Å². The van der Waals surface area contributed by atoms with E-state index < -0.39 is 6.04 Å². The maximum absolute atomic E-state index is 12.5. The van der Waals surface area contributed by atoms with Crippen molar-refractivity contribution in [1.29, 1.82) is 0 Å². The Labute approximate surface area is 150 Å². The third-order valence-electron chi connectivity index (χ3n) is 3.77. The van der Waals surface area contributed by atoms with Crippen molar-refractivity contribution in [3.8, 4) is 0 Å². The number of halogens is 2. The van der Waals surface area contributed by atoms with Gasteiger partial charge < -0.3 is 20.4 Å². The monoisotopic (exact) mass is 369 g/mol. The topological polar surface area (TPSA) is 88.6 Å². The lowest BCUT2D eigenvalue weighted by Gasteiger charge is -2.17. The molecule has 1 saturated heterocycles. The fourth-order valence-corrected chi connectivity index (χ4v) is 2.67. The summed E-state index contributed by atoms with van der Waals surface area (Å²) in [5.74, 6) is 0.0451. The molecule has 6 nitrogen and oxygen atoms in total. The van der Waals surface area contributed by atoms with Crippen LogP contribution in [0, 0.1) is 0 Å². The number of benzene rings is 1. The third-order valence-corrected chi connectivity index (χ3v) is 4.02. The molecule has 0 saturated carbocycles. The Bertz CT molecular complexity index is 730. The Balaban J connectivity index is 0.00000208. The van der Waals surface area contributed by atoms with E-state index in [4.69, 9.17) is 21.8 Å². The standard InChI is InChI=1S/C16H16ClN3O3.ClH/c17-11-1-3-12(4-2-11)20-6-5-14(16(20)22)19-15(21)10-7-13(8-18)23-9-10;/h1-4,7,9,14H,5-6,8,18H2,(H,19,21);1H. The maximum Gasteiger partial charge on any atom is 0.255 e. The highest BCUT2D eigenvalue weighted by Gasteiger charge is 2.33. The van der Waals surface area contributed by atoms with Crippen molar-refractivity contribution in [2.75, 3.05) is 11.4 Å². The molecule has 2 amide bonds. The van der Waals surface area contributed by atoms with E-state index in [2.05, 4.69) is 5.32 Å². The van der Waals surface area contributed by atoms with Crippen molar-refractivity contribution in [3.63, 3.8) is 0 Å². The first-order chi connectivity index (χ1) is 11.1. The second kappa shape index (κ2) is 7.70. The first-order valence-electron chi connectivity index (χ1n) is 7.24. The molecular weight excluding hydrogens is 353 g/mol. The van der Waals surface area contributed by atoms with Crippen LogP contribution in [-0.4, -0.2) is 24.4 Å². The molecule has 0 bridgehead atoms. The minimum Gasteiger partial charge on any atom is -0.467 e. The van der Waals surface area contributed by atoms with Gasteiger partial charge in [0.1, 0.15) is 18.1 Å². The van der Waals surface area contributed by atoms with Gasteiger partial charge in [0.25, 0.3) is 5.91 Å². The van der Waals surface area contributed by atoms with Crippen molar-refractivity contribution in [2.24, 2.45) is 5.73 Å². The highest BCUT2D eigenvalue weighted by molar-refractivity contribution is 6.30. The van der Waals surface area contributed by atoms with Crippen molar-refractivity contribution < 1.29 is 14.0 Å². The highest BCUT2D eigenvalue weighted by Crippen LogP contribution is 2.23. The van der Waals surface area contributed by atoms with Crippen LogP contribution in [0.25, 0.3) is 0 Å². The van der Waals surface area contributed by atoms with Crippen LogP contribution >= 0.6 is 24.0 Å². The predicted octanol–water partition coefficient (Wildman–Crippen LogP) is 2.35. The summed E-state index contributed by atoms with van der Waals surface area (Å²) in [6, 6.07) is 8.06. The number of amides is 2. The summed E-state index contributed by atoms with van der Waals surface area (Å²) in [6.07, 6.45) is 1.89. The number of rotatable bonds is 4. The van der Waals surface area contributed by atoms with Gasteiger partial charge in [-0.3, -0.25) is 9.59 Å². The summed E-state index contributed by atoms with van der Waals surface area (Å²) < 4.78 is 5.13. The van der Waals surface area contributed by atoms with Crippen molar-refractivity contribution in [2.45, 2.75) is 19.0 Å². The summed E-state index contributed by atoms with van der Waals surface area (Å²) in [6.45, 7) is 0.769. The zero-order valence-corrected chi connectivity index (χ0v) is 14.3. The Morgan fingerprint density at radius 1 is 1.38 bits per heavy atom. The molecule has 1 aromatic heterocycles. The van der Waals surface area contributed by atoms with Gasteiger partial charge in [0.2, 0.25) is 5.91 Å². The number of carbonyl (C=O) groups excluding carboxylic acids is 2. The molecule has 8 heteroatoms. The minimum absolute atomic E-state index is 0. The summed E-state index contributed by atoms with van der Waals surface area (Å²) in [4.78, 5) is 26.3. The van der Waals surface area contributed by atoms with Crippen LogP contribution < -0.4 is 16.0 Å². The molecule has 3 rings (SSSR count). The van der Waals surface area contributed by atoms with Gasteiger partial charge in [-0.1, -0.05) is 11.6 Å². The van der Waals surface area contributed by atoms with E-state index in [1.807, 2.05) is 0 Å². The lowest BCUT2D eigenvalue weighted by atomic mass is 10.2. The number of anilines is 1. The van der Waals surface area contributed by atoms with Gasteiger partial charge in [0, 0.05) is 17.3 Å². The molecule has 2 heterocycles. The van der Waals surface area contributed by atoms with Crippen LogP contribution in [0.1, 0.15) is 22.5 Å². The molecule has 1 aliphatic heterocycles. The number of hydrogen-bond acceptors (Lipinski definition) is 4. The van der Waals surface area contributed by atoms with Crippen LogP contribution in [0.4, 0.5) is 5.69 Å². The molecule has 0 aliphatic carbocycles. The Hall–Kier alpha value is -2.02. The average Bonchev–Trinajstić information content (AvgIpc) is 3.16. The molecule has 1 fully saturated rings. The van der Waals surface area contributed by atoms with E-state index >= 15 is 0 Å². The number of hydrogen-bond donors (Lipinski definition) is 2. The SMILES string of the molecule is Cl.NCc1cc(C(=O)NC2CCN(c3ccc(Cl)cc3)C2=O)co1. The van der Waals surface area contributed by atoms with Gasteiger partial charge in [0.15, 0.2) is 0 Å². The molecule has 3 N–H and O–H groups in total. The van der Waals surface area contributed by atoms with E-state index in [0.717, 1.165) is 5.69 Å². The normalized spacial score (nSPS) is 16.8. The third kappa shape index (κ3) is 3.72. The molecule has 1 aromatic carbocycles. The molecule has 2 aromatic rings. The lowest BCUT2D eigenvalue weighted by molar-refractivity contribution is -0.118. The second-order valence-corrected chi connectivity index (χ2v) is 5.72. The van der Waals surface area contributed by atoms with Gasteiger partial charge in [-0.25, -0.2) is 0 Å². The van der Waals surface area contributed by atoms with Crippen LogP contribution in [0.5, 0.6) is 0 Å². The molecule has 24 heavy (non-hydrogen) atoms. The highest BCUT2D eigenvalue weighted by atomic mass is 35.5. The summed E-state index contributed by atoms with van der Waals surface area (Å²) in [5.41, 5.74) is 6.58. The van der Waals surface area contributed by atoms with Crippen LogP contribution in [-0.2, 0) is 11.3 Å². The summed E-state index contributed by atoms with van der Waals surface area (Å²) >= 11 is 5.86. The largest absolute Gasteiger partial charge is 0.467 e. The van der Waals surface area contributed by atoms with E-state index in [-0.39, 0.29) is 30.8 Å². The van der Waals surface area contributed by atoms with E-state index in [1.54, 1.807) is 35.2 Å². The lowest BCUT2D eigenvalue weighted by Crippen LogP contribution is -2.41. The predicted molar refractivity (Wildman–Crippen MR) is 93.5 cm³/mol. The number of nitrogens with one attached hydrogen (secondary N) is 1. The van der Waals surface area contributed by atoms with Crippen molar-refractivity contribution in [1.82, 2.24) is 5.32 Å². The van der Waals surface area contributed by atoms with Gasteiger partial charge >= 0.3 is 0 Å². The quantitative estimate of drug-likeness (QED) is 0.865. The van der Waals surface area contributed by atoms with Gasteiger partial charge in [0.05, 0.1) is 12.1 Å². The van der Waals surface area contributed by atoms with Gasteiger partial charge in [-0.05, 0) is 36.8 Å². The van der Waals surface area contributed by atoms with Crippen molar-refractivity contribution >= 4 is 41.5 Å². The zero-order valence-electron chi connectivity index (χ0n) is 12.7. The molecule has 0 radical (unpaired) electrons. The first kappa shape index (κ1) is 18.3. The smallest absolute Gasteiger partial charge is 0.255 e. The summed E-state index contributed by atoms with van der Waals surface area (Å²) in [5, 5.41) is 3.35. The second-order valence-electron chi connectivity index (χ2n) is 5.29. The Morgan fingerprint density at radius 2 is 2.08 bits per heavy atom. The van der Waals surface area contributed by atoms with E-state index in [1.165, 1.54) is 6.26 Å². The first-order valence-corrected chi connectivity index (χ1v) is 7.61. The number of nitrogens with zero attached hydrogens (tertiary/aromatic N) is 1. The number of furan rings is 1. The van der Waals surface area contributed by atoms with Crippen molar-refractivity contribution in [3.05, 3.63) is 52.9 Å². The van der Waals surface area contributed by atoms with E-state index in [0.29, 0.717) is 29.3 Å². The Morgan fingerprint density at radius 3 is 2.71 bits per heavy atom. The van der Waals surface area contributed by atoms with E-state index in [9.17, 15) is 9.59 Å². The van der Waals surface area contributed by atoms with Crippen LogP contribution in [0.15, 0.2) is 41.0 Å². The molecule has 1 aliphatic rings. The van der Waals surface area contributed by atoms with Crippen LogP contribution in [0.3, 0.4) is 0 Å². The minimum atomic E-state index is -0.547. The van der Waals surface area contributed by atoms with Gasteiger partial charge in [-0.15, -0.1) is 12.4 Å². The number of carbonyl (C=O) groups is 2. The Kier molecular flexibility index (Phi) is 5.88. The zero-order chi connectivity index (χ0) is 16.4. The molecule has 0 spiro atoms. The van der Waals surface area contributed by atoms with Crippen LogP contribution in [0.2, 0.25) is 5.02 Å². The molecule has 128 valence electrons. The number of nitrogens with two attached hydrogens (primary N) is 1. The fraction of sp³-hybridized carbons (Fsp3) is 0.250. The fourth-order valence-electron chi connectivity index (χ4n) is 2.54. The molecule has 1 unspecified atom stereocenters. The maximum atomic E-state index is 12.5. The average molecular weight is 370 g/mol. The molecular formula is C16H17Cl2N3O3. The summed E-state index contributed by atoms with van der Waals surface area (Å²) in [7, 11) is 0.